The van der Waals surface area contributed by atoms with Crippen molar-refractivity contribution in [3.63, 3.8) is 0 Å². The summed E-state index contributed by atoms with van der Waals surface area (Å²) in [6.07, 6.45) is -3.94. The van der Waals surface area contributed by atoms with Crippen molar-refractivity contribution in [1.82, 2.24) is 24.4 Å². The van der Waals surface area contributed by atoms with Crippen LogP contribution in [0.2, 0.25) is 0 Å². The van der Waals surface area contributed by atoms with Crippen LogP contribution >= 0.6 is 11.8 Å². The van der Waals surface area contributed by atoms with E-state index in [1.54, 1.807) is 23.9 Å². The molecule has 2 aromatic heterocycles. The highest BCUT2D eigenvalue weighted by molar-refractivity contribution is 7.99. The number of nitrogens with zero attached hydrogens (tertiary/aromatic N) is 5. The van der Waals surface area contributed by atoms with Crippen LogP contribution in [0.4, 0.5) is 17.6 Å². The van der Waals surface area contributed by atoms with Crippen molar-refractivity contribution in [2.24, 2.45) is 0 Å². The highest BCUT2D eigenvalue weighted by atomic mass is 32.2. The maximum absolute atomic E-state index is 13.4. The normalized spacial score (nSPS) is 18.8. The molecule has 0 amide bonds. The molecule has 0 saturated carbocycles. The summed E-state index contributed by atoms with van der Waals surface area (Å²) in [6, 6.07) is 7.60. The molecule has 0 aliphatic carbocycles. The van der Waals surface area contributed by atoms with Gasteiger partial charge in [0.05, 0.1) is 18.0 Å². The standard InChI is InChI=1S/C22H21F4N5O2S/c23-15-3-1-14(2-4-15)19-17(31-8-10-34-21(31)29-19)12-30-7-9-32-16(11-30)13-33-18-5-6-27-20(28-18)22(24,25)26/h1-6,16H,7-13H2. The first-order valence-corrected chi connectivity index (χ1v) is 11.7. The molecule has 12 heteroatoms. The summed E-state index contributed by atoms with van der Waals surface area (Å²) in [5, 5.41) is 0.951. The van der Waals surface area contributed by atoms with E-state index in [1.165, 1.54) is 18.2 Å². The van der Waals surface area contributed by atoms with Crippen molar-refractivity contribution >= 4 is 11.8 Å². The molecule has 180 valence electrons. The predicted molar refractivity (Wildman–Crippen MR) is 116 cm³/mol. The van der Waals surface area contributed by atoms with E-state index in [2.05, 4.69) is 19.4 Å². The van der Waals surface area contributed by atoms with Crippen LogP contribution in [-0.2, 0) is 24.0 Å². The molecule has 1 fully saturated rings. The van der Waals surface area contributed by atoms with Crippen LogP contribution in [0.3, 0.4) is 0 Å². The van der Waals surface area contributed by atoms with Gasteiger partial charge in [0, 0.05) is 49.8 Å². The third-order valence-corrected chi connectivity index (χ3v) is 6.55. The Morgan fingerprint density at radius 2 is 1.94 bits per heavy atom. The lowest BCUT2D eigenvalue weighted by Gasteiger charge is -2.33. The van der Waals surface area contributed by atoms with Crippen LogP contribution in [0.15, 0.2) is 41.7 Å². The van der Waals surface area contributed by atoms with Gasteiger partial charge in [-0.1, -0.05) is 11.8 Å². The second-order valence-electron chi connectivity index (χ2n) is 7.95. The minimum Gasteiger partial charge on any atom is -0.475 e. The Hall–Kier alpha value is -2.70. The summed E-state index contributed by atoms with van der Waals surface area (Å²) in [5.41, 5.74) is 2.75. The highest BCUT2D eigenvalue weighted by Crippen LogP contribution is 2.34. The topological polar surface area (TPSA) is 65.3 Å². The lowest BCUT2D eigenvalue weighted by atomic mass is 10.1. The van der Waals surface area contributed by atoms with Gasteiger partial charge in [-0.15, -0.1) is 0 Å². The first kappa shape index (κ1) is 23.1. The van der Waals surface area contributed by atoms with Gasteiger partial charge in [0.15, 0.2) is 5.16 Å². The van der Waals surface area contributed by atoms with E-state index in [0.29, 0.717) is 26.2 Å². The number of ether oxygens (including phenoxy) is 2. The number of hydrogen-bond acceptors (Lipinski definition) is 7. The largest absolute Gasteiger partial charge is 0.475 e. The molecule has 7 nitrogen and oxygen atoms in total. The van der Waals surface area contributed by atoms with E-state index in [9.17, 15) is 17.6 Å². The quantitative estimate of drug-likeness (QED) is 0.481. The van der Waals surface area contributed by atoms with Gasteiger partial charge in [-0.25, -0.2) is 14.4 Å². The average Bonchev–Trinajstić information content (AvgIpc) is 3.41. The molecule has 0 N–H and O–H groups in total. The van der Waals surface area contributed by atoms with Crippen molar-refractivity contribution in [2.75, 3.05) is 32.1 Å². The monoisotopic (exact) mass is 495 g/mol. The van der Waals surface area contributed by atoms with Crippen LogP contribution in [0.1, 0.15) is 11.5 Å². The van der Waals surface area contributed by atoms with E-state index in [1.807, 2.05) is 0 Å². The molecule has 0 spiro atoms. The predicted octanol–water partition coefficient (Wildman–Crippen LogP) is 3.88. The van der Waals surface area contributed by atoms with Gasteiger partial charge in [-0.2, -0.15) is 18.2 Å². The molecule has 5 rings (SSSR count). The summed E-state index contributed by atoms with van der Waals surface area (Å²) in [5.74, 6) is -0.727. The molecule has 1 saturated heterocycles. The number of imidazole rings is 1. The number of halogens is 4. The van der Waals surface area contributed by atoms with Gasteiger partial charge < -0.3 is 14.0 Å². The fourth-order valence-electron chi connectivity index (χ4n) is 4.01. The molecular formula is C22H21F4N5O2S. The molecule has 2 aliphatic rings. The number of fused-ring (bicyclic) bond motifs is 1. The fourth-order valence-corrected chi connectivity index (χ4v) is 4.98. The third-order valence-electron chi connectivity index (χ3n) is 5.60. The lowest BCUT2D eigenvalue weighted by Crippen LogP contribution is -2.44. The minimum absolute atomic E-state index is 0.0655. The number of aromatic nitrogens is 4. The number of hydrogen-bond donors (Lipinski definition) is 0. The molecule has 2 aliphatic heterocycles. The van der Waals surface area contributed by atoms with E-state index in [4.69, 9.17) is 14.5 Å². The van der Waals surface area contributed by atoms with Gasteiger partial charge in [0.25, 0.3) is 0 Å². The van der Waals surface area contributed by atoms with Crippen LogP contribution in [-0.4, -0.2) is 62.6 Å². The number of alkyl halides is 3. The van der Waals surface area contributed by atoms with Crippen molar-refractivity contribution in [3.05, 3.63) is 53.9 Å². The van der Waals surface area contributed by atoms with E-state index < -0.39 is 12.0 Å². The fraction of sp³-hybridized carbons (Fsp3) is 0.409. The average molecular weight is 496 g/mol. The zero-order valence-electron chi connectivity index (χ0n) is 18.0. The molecular weight excluding hydrogens is 474 g/mol. The van der Waals surface area contributed by atoms with Crippen molar-refractivity contribution in [1.29, 1.82) is 0 Å². The summed E-state index contributed by atoms with van der Waals surface area (Å²) >= 11 is 1.69. The van der Waals surface area contributed by atoms with E-state index in [-0.39, 0.29) is 24.4 Å². The molecule has 0 radical (unpaired) electrons. The van der Waals surface area contributed by atoms with E-state index in [0.717, 1.165) is 40.6 Å². The Kier molecular flexibility index (Phi) is 6.45. The summed E-state index contributed by atoms with van der Waals surface area (Å²) in [4.78, 5) is 13.7. The molecule has 4 heterocycles. The first-order valence-electron chi connectivity index (χ1n) is 10.7. The molecule has 34 heavy (non-hydrogen) atoms. The summed E-state index contributed by atoms with van der Waals surface area (Å²) in [6.45, 7) is 3.23. The highest BCUT2D eigenvalue weighted by Gasteiger charge is 2.35. The number of benzene rings is 1. The molecule has 1 atom stereocenters. The molecule has 3 aromatic rings. The number of morpholine rings is 1. The molecule has 0 bridgehead atoms. The zero-order chi connectivity index (χ0) is 23.7. The second-order valence-corrected chi connectivity index (χ2v) is 9.01. The third kappa shape index (κ3) is 5.03. The van der Waals surface area contributed by atoms with Gasteiger partial charge in [-0.3, -0.25) is 4.90 Å². The summed E-state index contributed by atoms with van der Waals surface area (Å²) < 4.78 is 65.4. The van der Waals surface area contributed by atoms with Crippen LogP contribution in [0.25, 0.3) is 11.3 Å². The van der Waals surface area contributed by atoms with Crippen LogP contribution < -0.4 is 4.74 Å². The zero-order valence-corrected chi connectivity index (χ0v) is 18.8. The molecule has 1 aromatic carbocycles. The van der Waals surface area contributed by atoms with Gasteiger partial charge >= 0.3 is 6.18 Å². The van der Waals surface area contributed by atoms with Gasteiger partial charge in [-0.05, 0) is 24.3 Å². The SMILES string of the molecule is Fc1ccc(-c2nc3n(c2CN2CCOC(COc4ccnc(C(F)(F)F)n4)C2)CCS3)cc1. The van der Waals surface area contributed by atoms with Crippen LogP contribution in [0.5, 0.6) is 5.88 Å². The Bertz CT molecular complexity index is 1160. The Morgan fingerprint density at radius 3 is 2.74 bits per heavy atom. The number of thioether (sulfide) groups is 1. The maximum Gasteiger partial charge on any atom is 0.451 e. The molecule has 1 unspecified atom stereocenters. The lowest BCUT2D eigenvalue weighted by molar-refractivity contribution is -0.145. The van der Waals surface area contributed by atoms with Gasteiger partial charge in [0.2, 0.25) is 11.7 Å². The Balaban J connectivity index is 1.27. The second kappa shape index (κ2) is 9.51. The van der Waals surface area contributed by atoms with Crippen molar-refractivity contribution in [2.45, 2.75) is 30.5 Å². The number of rotatable bonds is 6. The van der Waals surface area contributed by atoms with Crippen LogP contribution in [0, 0.1) is 5.82 Å². The Labute approximate surface area is 197 Å². The minimum atomic E-state index is -4.64. The van der Waals surface area contributed by atoms with E-state index >= 15 is 0 Å². The van der Waals surface area contributed by atoms with Gasteiger partial charge in [0.1, 0.15) is 18.5 Å². The smallest absolute Gasteiger partial charge is 0.451 e. The maximum atomic E-state index is 13.4. The Morgan fingerprint density at radius 1 is 1.12 bits per heavy atom. The van der Waals surface area contributed by atoms with Crippen molar-refractivity contribution in [3.8, 4) is 17.1 Å². The van der Waals surface area contributed by atoms with Crippen molar-refractivity contribution < 1.29 is 27.0 Å². The summed E-state index contributed by atoms with van der Waals surface area (Å²) in [7, 11) is 0. The first-order chi connectivity index (χ1) is 16.4.